The molecule has 0 spiro atoms. The highest BCUT2D eigenvalue weighted by Gasteiger charge is 1.98. The number of aromatic nitrogens is 3. The lowest BCUT2D eigenvalue weighted by Crippen LogP contribution is -2.06. The molecule has 2 rings (SSSR count). The van der Waals surface area contributed by atoms with Gasteiger partial charge in [-0.05, 0) is 19.1 Å². The molecule has 0 fully saturated rings. The second-order valence-corrected chi connectivity index (χ2v) is 4.15. The van der Waals surface area contributed by atoms with Crippen molar-refractivity contribution in [3.63, 3.8) is 0 Å². The van der Waals surface area contributed by atoms with Gasteiger partial charge in [-0.15, -0.1) is 0 Å². The molecule has 2 heterocycles. The summed E-state index contributed by atoms with van der Waals surface area (Å²) in [5.41, 5.74) is 3.17. The molecule has 2 aromatic rings. The normalized spacial score (nSPS) is 10.3. The van der Waals surface area contributed by atoms with Gasteiger partial charge >= 0.3 is 0 Å². The van der Waals surface area contributed by atoms with Gasteiger partial charge in [-0.1, -0.05) is 0 Å². The molecule has 2 N–H and O–H groups in total. The van der Waals surface area contributed by atoms with E-state index in [2.05, 4.69) is 33.7 Å². The van der Waals surface area contributed by atoms with Crippen molar-refractivity contribution in [2.24, 2.45) is 7.05 Å². The van der Waals surface area contributed by atoms with E-state index in [0.29, 0.717) is 0 Å². The van der Waals surface area contributed by atoms with Crippen molar-refractivity contribution in [1.29, 1.82) is 0 Å². The van der Waals surface area contributed by atoms with Gasteiger partial charge in [0.25, 0.3) is 0 Å². The molecule has 0 bridgehead atoms. The number of hydrogen-bond acceptors (Lipinski definition) is 4. The minimum absolute atomic E-state index is 0.855. The Kier molecular flexibility index (Phi) is 4.17. The van der Waals surface area contributed by atoms with E-state index >= 15 is 0 Å². The molecule has 0 amide bonds. The molecule has 5 heteroatoms. The van der Waals surface area contributed by atoms with Crippen molar-refractivity contribution >= 4 is 11.4 Å². The number of hydrogen-bond donors (Lipinski definition) is 2. The standard InChI is InChI=1S/C13H19N5/c1-3-15-12-8-13(10-14-9-12)16-6-4-11-5-7-18(2)17-11/h5,7-10,15-16H,3-4,6H2,1-2H3. The van der Waals surface area contributed by atoms with E-state index in [4.69, 9.17) is 0 Å². The Morgan fingerprint density at radius 1 is 1.22 bits per heavy atom. The number of nitrogens with zero attached hydrogens (tertiary/aromatic N) is 3. The van der Waals surface area contributed by atoms with Crippen molar-refractivity contribution in [3.05, 3.63) is 36.4 Å². The third-order valence-electron chi connectivity index (χ3n) is 2.60. The molecule has 0 aromatic carbocycles. The molecule has 0 aliphatic rings. The Labute approximate surface area is 107 Å². The van der Waals surface area contributed by atoms with Gasteiger partial charge < -0.3 is 10.6 Å². The highest BCUT2D eigenvalue weighted by atomic mass is 15.2. The summed E-state index contributed by atoms with van der Waals surface area (Å²) in [5, 5.41) is 10.9. The van der Waals surface area contributed by atoms with Gasteiger partial charge in [0.2, 0.25) is 0 Å². The van der Waals surface area contributed by atoms with Crippen LogP contribution in [0.5, 0.6) is 0 Å². The second-order valence-electron chi connectivity index (χ2n) is 4.15. The van der Waals surface area contributed by atoms with Gasteiger partial charge in [0.15, 0.2) is 0 Å². The van der Waals surface area contributed by atoms with E-state index in [9.17, 15) is 0 Å². The summed E-state index contributed by atoms with van der Waals surface area (Å²) in [6.07, 6.45) is 6.53. The van der Waals surface area contributed by atoms with Crippen LogP contribution in [0.1, 0.15) is 12.6 Å². The molecule has 0 saturated heterocycles. The minimum Gasteiger partial charge on any atom is -0.384 e. The molecule has 0 aliphatic carbocycles. The Bertz CT molecular complexity index is 492. The zero-order chi connectivity index (χ0) is 12.8. The van der Waals surface area contributed by atoms with E-state index < -0.39 is 0 Å². The smallest absolute Gasteiger partial charge is 0.0642 e. The van der Waals surface area contributed by atoms with Crippen molar-refractivity contribution in [2.75, 3.05) is 23.7 Å². The highest BCUT2D eigenvalue weighted by Crippen LogP contribution is 2.12. The molecule has 0 saturated carbocycles. The summed E-state index contributed by atoms with van der Waals surface area (Å²) in [5.74, 6) is 0. The fourth-order valence-electron chi connectivity index (χ4n) is 1.77. The third kappa shape index (κ3) is 3.48. The van der Waals surface area contributed by atoms with E-state index in [1.54, 1.807) is 0 Å². The van der Waals surface area contributed by atoms with E-state index in [1.165, 1.54) is 0 Å². The quantitative estimate of drug-likeness (QED) is 0.816. The topological polar surface area (TPSA) is 54.8 Å². The van der Waals surface area contributed by atoms with Crippen LogP contribution < -0.4 is 10.6 Å². The van der Waals surface area contributed by atoms with Gasteiger partial charge in [0.1, 0.15) is 0 Å². The summed E-state index contributed by atoms with van der Waals surface area (Å²) in [6.45, 7) is 3.83. The minimum atomic E-state index is 0.855. The maximum atomic E-state index is 4.34. The fraction of sp³-hybridized carbons (Fsp3) is 0.385. The molecular formula is C13H19N5. The van der Waals surface area contributed by atoms with Gasteiger partial charge in [-0.25, -0.2) is 0 Å². The Morgan fingerprint density at radius 2 is 2.00 bits per heavy atom. The van der Waals surface area contributed by atoms with Crippen LogP contribution in [0, 0.1) is 0 Å². The molecular weight excluding hydrogens is 226 g/mol. The predicted molar refractivity (Wildman–Crippen MR) is 73.8 cm³/mol. The number of aryl methyl sites for hydroxylation is 1. The maximum Gasteiger partial charge on any atom is 0.0642 e. The molecule has 2 aromatic heterocycles. The molecule has 96 valence electrons. The van der Waals surface area contributed by atoms with E-state index in [-0.39, 0.29) is 0 Å². The summed E-state index contributed by atoms with van der Waals surface area (Å²) in [6, 6.07) is 4.10. The van der Waals surface area contributed by atoms with Crippen LogP contribution in [-0.4, -0.2) is 27.9 Å². The largest absolute Gasteiger partial charge is 0.384 e. The zero-order valence-corrected chi connectivity index (χ0v) is 10.8. The first-order valence-corrected chi connectivity index (χ1v) is 6.19. The highest BCUT2D eigenvalue weighted by molar-refractivity contribution is 5.53. The van der Waals surface area contributed by atoms with Crippen LogP contribution in [0.4, 0.5) is 11.4 Å². The Morgan fingerprint density at radius 3 is 2.67 bits per heavy atom. The van der Waals surface area contributed by atoms with Crippen molar-refractivity contribution in [2.45, 2.75) is 13.3 Å². The second kappa shape index (κ2) is 6.05. The van der Waals surface area contributed by atoms with Gasteiger partial charge in [-0.2, -0.15) is 5.10 Å². The Hall–Kier alpha value is -2.04. The molecule has 0 unspecified atom stereocenters. The molecule has 0 aliphatic heterocycles. The van der Waals surface area contributed by atoms with Crippen molar-refractivity contribution < 1.29 is 0 Å². The molecule has 0 radical (unpaired) electrons. The first kappa shape index (κ1) is 12.4. The summed E-state index contributed by atoms with van der Waals surface area (Å²) in [7, 11) is 1.93. The molecule has 18 heavy (non-hydrogen) atoms. The lowest BCUT2D eigenvalue weighted by molar-refractivity contribution is 0.742. The lowest BCUT2D eigenvalue weighted by atomic mass is 10.3. The van der Waals surface area contributed by atoms with E-state index in [1.807, 2.05) is 36.4 Å². The van der Waals surface area contributed by atoms with Gasteiger partial charge in [0.05, 0.1) is 29.5 Å². The maximum absolute atomic E-state index is 4.34. The first-order chi connectivity index (χ1) is 8.78. The SMILES string of the molecule is CCNc1cncc(NCCc2ccn(C)n2)c1. The molecule has 5 nitrogen and oxygen atoms in total. The van der Waals surface area contributed by atoms with Gasteiger partial charge in [0, 0.05) is 32.8 Å². The Balaban J connectivity index is 1.84. The van der Waals surface area contributed by atoms with Crippen LogP contribution in [0.2, 0.25) is 0 Å². The summed E-state index contributed by atoms with van der Waals surface area (Å²) in [4.78, 5) is 4.19. The van der Waals surface area contributed by atoms with Crippen LogP contribution >= 0.6 is 0 Å². The van der Waals surface area contributed by atoms with Gasteiger partial charge in [-0.3, -0.25) is 9.67 Å². The van der Waals surface area contributed by atoms with Crippen LogP contribution in [0.3, 0.4) is 0 Å². The predicted octanol–water partition coefficient (Wildman–Crippen LogP) is 1.90. The average Bonchev–Trinajstić information content (AvgIpc) is 2.76. The van der Waals surface area contributed by atoms with Crippen LogP contribution in [0.25, 0.3) is 0 Å². The van der Waals surface area contributed by atoms with Crippen molar-refractivity contribution in [3.8, 4) is 0 Å². The van der Waals surface area contributed by atoms with Crippen molar-refractivity contribution in [1.82, 2.24) is 14.8 Å². The third-order valence-corrected chi connectivity index (χ3v) is 2.60. The number of pyridine rings is 1. The van der Waals surface area contributed by atoms with E-state index in [0.717, 1.165) is 36.6 Å². The first-order valence-electron chi connectivity index (χ1n) is 6.19. The molecule has 0 atom stereocenters. The summed E-state index contributed by atoms with van der Waals surface area (Å²) >= 11 is 0. The average molecular weight is 245 g/mol. The monoisotopic (exact) mass is 245 g/mol. The number of anilines is 2. The number of nitrogens with one attached hydrogen (secondary N) is 2. The summed E-state index contributed by atoms with van der Waals surface area (Å²) < 4.78 is 1.82. The zero-order valence-electron chi connectivity index (χ0n) is 10.8. The van der Waals surface area contributed by atoms with Crippen LogP contribution in [0.15, 0.2) is 30.7 Å². The fourth-order valence-corrected chi connectivity index (χ4v) is 1.77. The van der Waals surface area contributed by atoms with Crippen LogP contribution in [-0.2, 0) is 13.5 Å². The number of rotatable bonds is 6. The lowest BCUT2D eigenvalue weighted by Gasteiger charge is -2.07.